The summed E-state index contributed by atoms with van der Waals surface area (Å²) in [6.45, 7) is 2.47. The van der Waals surface area contributed by atoms with Crippen molar-refractivity contribution in [2.45, 2.75) is 83.2 Å². The van der Waals surface area contributed by atoms with E-state index in [0.717, 1.165) is 19.3 Å². The second kappa shape index (κ2) is 8.07. The number of alkyl halides is 1. The highest BCUT2D eigenvalue weighted by molar-refractivity contribution is 4.95. The molecule has 0 amide bonds. The first kappa shape index (κ1) is 14.9. The van der Waals surface area contributed by atoms with Crippen molar-refractivity contribution >= 4 is 0 Å². The molecule has 0 radical (unpaired) electrons. The van der Waals surface area contributed by atoms with Crippen LogP contribution in [-0.2, 0) is 0 Å². The van der Waals surface area contributed by atoms with Crippen LogP contribution in [0.1, 0.15) is 77.6 Å². The van der Waals surface area contributed by atoms with E-state index in [1.54, 1.807) is 0 Å². The van der Waals surface area contributed by atoms with Gasteiger partial charge < -0.3 is 5.73 Å². The molecule has 0 saturated heterocycles. The van der Waals surface area contributed by atoms with Crippen LogP contribution in [0.3, 0.4) is 0 Å². The lowest BCUT2D eigenvalue weighted by atomic mass is 9.92. The van der Waals surface area contributed by atoms with Gasteiger partial charge in [0.05, 0.1) is 0 Å². The van der Waals surface area contributed by atoms with E-state index in [1.807, 2.05) is 0 Å². The first-order valence-corrected chi connectivity index (χ1v) is 7.62. The van der Waals surface area contributed by atoms with Gasteiger partial charge in [0.25, 0.3) is 0 Å². The van der Waals surface area contributed by atoms with E-state index >= 15 is 0 Å². The van der Waals surface area contributed by atoms with Gasteiger partial charge in [-0.15, -0.1) is 0 Å². The second-order valence-electron chi connectivity index (χ2n) is 5.74. The van der Waals surface area contributed by atoms with Crippen molar-refractivity contribution in [1.29, 1.82) is 0 Å². The third kappa shape index (κ3) is 5.85. The predicted molar refractivity (Wildman–Crippen MR) is 72.8 cm³/mol. The van der Waals surface area contributed by atoms with Crippen molar-refractivity contribution in [2.24, 2.45) is 11.7 Å². The third-order valence-electron chi connectivity index (χ3n) is 4.09. The van der Waals surface area contributed by atoms with Gasteiger partial charge in [-0.1, -0.05) is 58.3 Å². The Morgan fingerprint density at radius 3 is 2.00 bits per heavy atom. The quantitative estimate of drug-likeness (QED) is 0.528. The van der Waals surface area contributed by atoms with Gasteiger partial charge in [0, 0.05) is 6.54 Å². The van der Waals surface area contributed by atoms with Crippen molar-refractivity contribution in [2.75, 3.05) is 6.54 Å². The minimum Gasteiger partial charge on any atom is -0.328 e. The van der Waals surface area contributed by atoms with Crippen molar-refractivity contribution in [3.05, 3.63) is 0 Å². The van der Waals surface area contributed by atoms with Crippen molar-refractivity contribution in [1.82, 2.24) is 0 Å². The zero-order chi connectivity index (χ0) is 12.6. The van der Waals surface area contributed by atoms with E-state index in [4.69, 9.17) is 5.73 Å². The average molecular weight is 243 g/mol. The summed E-state index contributed by atoms with van der Waals surface area (Å²) in [4.78, 5) is 0. The summed E-state index contributed by atoms with van der Waals surface area (Å²) >= 11 is 0. The van der Waals surface area contributed by atoms with Crippen LogP contribution in [0.5, 0.6) is 0 Å². The first-order valence-electron chi connectivity index (χ1n) is 7.62. The van der Waals surface area contributed by atoms with Crippen molar-refractivity contribution in [3.63, 3.8) is 0 Å². The Kier molecular flexibility index (Phi) is 7.10. The molecule has 1 rings (SSSR count). The number of halogens is 1. The predicted octanol–water partition coefficient (Wildman–Crippen LogP) is 4.59. The minimum absolute atomic E-state index is 0.230. The molecule has 102 valence electrons. The standard InChI is InChI=1S/C15H30FN/c1-2-3-4-5-6-7-8-9-12-15(16,13-17)14-10-11-14/h14H,2-13,17H2,1H3. The highest BCUT2D eigenvalue weighted by Gasteiger charge is 2.43. The van der Waals surface area contributed by atoms with Gasteiger partial charge in [-0.25, -0.2) is 4.39 Å². The van der Waals surface area contributed by atoms with Crippen LogP contribution in [0.25, 0.3) is 0 Å². The van der Waals surface area contributed by atoms with Crippen LogP contribution in [0.4, 0.5) is 4.39 Å². The van der Waals surface area contributed by atoms with Crippen LogP contribution in [0, 0.1) is 5.92 Å². The van der Waals surface area contributed by atoms with E-state index in [-0.39, 0.29) is 12.5 Å². The Morgan fingerprint density at radius 1 is 1.00 bits per heavy atom. The van der Waals surface area contributed by atoms with Crippen LogP contribution in [0.2, 0.25) is 0 Å². The van der Waals surface area contributed by atoms with Crippen LogP contribution < -0.4 is 5.73 Å². The first-order chi connectivity index (χ1) is 8.23. The maximum absolute atomic E-state index is 14.3. The molecule has 1 unspecified atom stereocenters. The fourth-order valence-electron chi connectivity index (χ4n) is 2.63. The Labute approximate surface area is 106 Å². The molecule has 1 aliphatic rings. The summed E-state index contributed by atoms with van der Waals surface area (Å²) in [5.41, 5.74) is 4.54. The molecular formula is C15H30FN. The fourth-order valence-corrected chi connectivity index (χ4v) is 2.63. The summed E-state index contributed by atoms with van der Waals surface area (Å²) in [7, 11) is 0. The number of hydrogen-bond donors (Lipinski definition) is 1. The summed E-state index contributed by atoms with van der Waals surface area (Å²) < 4.78 is 14.3. The Hall–Kier alpha value is -0.110. The summed E-state index contributed by atoms with van der Waals surface area (Å²) in [5.74, 6) is 0.289. The average Bonchev–Trinajstić information content (AvgIpc) is 3.16. The fraction of sp³-hybridized carbons (Fsp3) is 1.00. The Bertz CT molecular complexity index is 191. The van der Waals surface area contributed by atoms with Gasteiger partial charge in [-0.05, 0) is 25.2 Å². The monoisotopic (exact) mass is 243 g/mol. The SMILES string of the molecule is CCCCCCCCCCC(F)(CN)C1CC1. The molecule has 1 saturated carbocycles. The summed E-state index contributed by atoms with van der Waals surface area (Å²) in [6.07, 6.45) is 13.0. The van der Waals surface area contributed by atoms with Gasteiger partial charge in [-0.3, -0.25) is 0 Å². The molecule has 0 aromatic carbocycles. The number of unbranched alkanes of at least 4 members (excludes halogenated alkanes) is 7. The van der Waals surface area contributed by atoms with Crippen LogP contribution in [0.15, 0.2) is 0 Å². The van der Waals surface area contributed by atoms with E-state index < -0.39 is 5.67 Å². The molecule has 1 fully saturated rings. The molecule has 2 heteroatoms. The number of rotatable bonds is 11. The lowest BCUT2D eigenvalue weighted by molar-refractivity contribution is 0.125. The maximum Gasteiger partial charge on any atom is 0.126 e. The molecule has 1 aliphatic carbocycles. The number of nitrogens with two attached hydrogens (primary N) is 1. The minimum atomic E-state index is -1.03. The van der Waals surface area contributed by atoms with Gasteiger partial charge in [0.1, 0.15) is 5.67 Å². The zero-order valence-corrected chi connectivity index (χ0v) is 11.5. The van der Waals surface area contributed by atoms with Gasteiger partial charge >= 0.3 is 0 Å². The molecule has 0 aromatic rings. The van der Waals surface area contributed by atoms with Gasteiger partial charge in [0.15, 0.2) is 0 Å². The Morgan fingerprint density at radius 2 is 1.53 bits per heavy atom. The summed E-state index contributed by atoms with van der Waals surface area (Å²) in [6, 6.07) is 0. The largest absolute Gasteiger partial charge is 0.328 e. The highest BCUT2D eigenvalue weighted by Crippen LogP contribution is 2.44. The third-order valence-corrected chi connectivity index (χ3v) is 4.09. The van der Waals surface area contributed by atoms with E-state index in [1.165, 1.54) is 44.9 Å². The topological polar surface area (TPSA) is 26.0 Å². The summed E-state index contributed by atoms with van der Waals surface area (Å²) in [5, 5.41) is 0. The molecular weight excluding hydrogens is 213 g/mol. The normalized spacial score (nSPS) is 19.2. The van der Waals surface area contributed by atoms with Gasteiger partial charge in [-0.2, -0.15) is 0 Å². The van der Waals surface area contributed by atoms with Crippen molar-refractivity contribution < 1.29 is 4.39 Å². The lowest BCUT2D eigenvalue weighted by Gasteiger charge is -2.23. The van der Waals surface area contributed by atoms with Crippen LogP contribution >= 0.6 is 0 Å². The van der Waals surface area contributed by atoms with Crippen LogP contribution in [-0.4, -0.2) is 12.2 Å². The molecule has 0 heterocycles. The zero-order valence-electron chi connectivity index (χ0n) is 11.5. The highest BCUT2D eigenvalue weighted by atomic mass is 19.1. The smallest absolute Gasteiger partial charge is 0.126 e. The Balaban J connectivity index is 1.92. The number of hydrogen-bond acceptors (Lipinski definition) is 1. The molecule has 1 nitrogen and oxygen atoms in total. The van der Waals surface area contributed by atoms with Gasteiger partial charge in [0.2, 0.25) is 0 Å². The maximum atomic E-state index is 14.3. The van der Waals surface area contributed by atoms with E-state index in [9.17, 15) is 4.39 Å². The lowest BCUT2D eigenvalue weighted by Crippen LogP contribution is -2.35. The molecule has 2 N–H and O–H groups in total. The molecule has 1 atom stereocenters. The molecule has 0 spiro atoms. The molecule has 0 aliphatic heterocycles. The van der Waals surface area contributed by atoms with E-state index in [2.05, 4.69) is 6.92 Å². The molecule has 0 aromatic heterocycles. The van der Waals surface area contributed by atoms with Crippen molar-refractivity contribution in [3.8, 4) is 0 Å². The molecule has 0 bridgehead atoms. The van der Waals surface area contributed by atoms with E-state index in [0.29, 0.717) is 6.42 Å². The molecule has 17 heavy (non-hydrogen) atoms. The second-order valence-corrected chi connectivity index (χ2v) is 5.74.